The first-order chi connectivity index (χ1) is 24.1. The number of amides is 1. The van der Waals surface area contributed by atoms with Gasteiger partial charge < -0.3 is 24.0 Å². The molecule has 1 saturated carbocycles. The summed E-state index contributed by atoms with van der Waals surface area (Å²) in [5.41, 5.74) is 4.23. The molecule has 2 fully saturated rings. The summed E-state index contributed by atoms with van der Waals surface area (Å²) in [6, 6.07) is 12.0. The van der Waals surface area contributed by atoms with E-state index in [9.17, 15) is 23.1 Å². The lowest BCUT2D eigenvalue weighted by molar-refractivity contribution is 0.0565. The Hall–Kier alpha value is -3.65. The van der Waals surface area contributed by atoms with E-state index in [-0.39, 0.29) is 12.1 Å². The molecule has 6 rings (SSSR count). The number of hydrogen-bond donors (Lipinski definition) is 2. The van der Waals surface area contributed by atoms with Crippen molar-refractivity contribution in [2.45, 2.75) is 96.4 Å². The number of carboxylic acid groups (broad SMARTS) is 1. The minimum absolute atomic E-state index is 0.0130. The molecule has 0 spiro atoms. The zero-order chi connectivity index (χ0) is 36.7. The van der Waals surface area contributed by atoms with Crippen LogP contribution in [0.5, 0.6) is 5.75 Å². The lowest BCUT2D eigenvalue weighted by Crippen LogP contribution is -2.48. The Labute approximate surface area is 301 Å². The highest BCUT2D eigenvalue weighted by Crippen LogP contribution is 2.48. The number of carboxylic acids is 1. The number of carbonyl (C=O) groups is 2. The Balaban J connectivity index is 1.23. The van der Waals surface area contributed by atoms with Crippen molar-refractivity contribution in [2.75, 3.05) is 46.9 Å². The molecule has 1 aliphatic carbocycles. The normalized spacial score (nSPS) is 20.5. The van der Waals surface area contributed by atoms with E-state index in [0.29, 0.717) is 54.5 Å². The summed E-state index contributed by atoms with van der Waals surface area (Å²) in [4.78, 5) is 29.6. The molecule has 1 amide bonds. The van der Waals surface area contributed by atoms with Crippen LogP contribution in [0.15, 0.2) is 36.4 Å². The number of nitrogens with zero attached hydrogens (tertiary/aromatic N) is 4. The largest absolute Gasteiger partial charge is 0.491 e. The predicted octanol–water partition coefficient (Wildman–Crippen LogP) is 5.83. The third-order valence-electron chi connectivity index (χ3n) is 10.8. The van der Waals surface area contributed by atoms with Gasteiger partial charge in [0.25, 0.3) is 0 Å². The van der Waals surface area contributed by atoms with Gasteiger partial charge >= 0.3 is 22.3 Å². The second-order valence-corrected chi connectivity index (χ2v) is 17.2. The fourth-order valence-electron chi connectivity index (χ4n) is 8.10. The standard InChI is InChI=1S/C38H53N5O7S/c1-25-16-17-31-34(32(25)36(44)45)35-33(26-12-8-7-9-13-26)29-14-10-11-15-30(29)43(35)23-28(24-49-31)40(5)20-21-42-19-18-27(22-42)41(6)51(47,48)39-37(46)50-38(2,3)4/h10-11,14-17,26-28H,7-9,12-13,18-24H2,1-6H3,(H,39,46)(H,44,45)/t27?,28-/m1/s1. The van der Waals surface area contributed by atoms with Gasteiger partial charge in [0.05, 0.1) is 22.9 Å². The van der Waals surface area contributed by atoms with Crippen molar-refractivity contribution in [2.24, 2.45) is 0 Å². The molecule has 2 aliphatic heterocycles. The van der Waals surface area contributed by atoms with Gasteiger partial charge in [-0.05, 0) is 89.7 Å². The zero-order valence-electron chi connectivity index (χ0n) is 30.8. The van der Waals surface area contributed by atoms with Gasteiger partial charge in [0.15, 0.2) is 0 Å². The summed E-state index contributed by atoms with van der Waals surface area (Å²) in [5, 5.41) is 11.7. The smallest absolute Gasteiger partial charge is 0.422 e. The average molecular weight is 724 g/mol. The number of likely N-dealkylation sites (N-methyl/N-ethyl adjacent to an activating group) is 2. The van der Waals surface area contributed by atoms with Gasteiger partial charge in [-0.3, -0.25) is 4.90 Å². The van der Waals surface area contributed by atoms with E-state index in [1.807, 2.05) is 23.8 Å². The van der Waals surface area contributed by atoms with Crippen molar-refractivity contribution in [3.8, 4) is 17.0 Å². The van der Waals surface area contributed by atoms with Crippen molar-refractivity contribution in [3.63, 3.8) is 0 Å². The summed E-state index contributed by atoms with van der Waals surface area (Å²) in [5.74, 6) is -0.00433. The first-order valence-electron chi connectivity index (χ1n) is 18.2. The highest BCUT2D eigenvalue weighted by Gasteiger charge is 2.36. The van der Waals surface area contributed by atoms with E-state index in [1.165, 1.54) is 28.7 Å². The van der Waals surface area contributed by atoms with Gasteiger partial charge in [-0.1, -0.05) is 43.5 Å². The number of likely N-dealkylation sites (tertiary alicyclic amines) is 1. The molecular weight excluding hydrogens is 671 g/mol. The second-order valence-electron chi connectivity index (χ2n) is 15.5. The van der Waals surface area contributed by atoms with Gasteiger partial charge in [0.2, 0.25) is 0 Å². The van der Waals surface area contributed by atoms with E-state index in [1.54, 1.807) is 20.8 Å². The number of carbonyl (C=O) groups excluding carboxylic acids is 1. The fraction of sp³-hybridized carbons (Fsp3) is 0.579. The quantitative estimate of drug-likeness (QED) is 0.280. The SMILES string of the molecule is Cc1ccc2c(c1C(=O)O)-c1c(C3CCCCC3)c3ccccc3n1C[C@@H](N(C)CCN1CCC(N(C)S(=O)(=O)NC(=O)OC(C)(C)C)C1)CO2. The van der Waals surface area contributed by atoms with Crippen LogP contribution in [0.25, 0.3) is 22.2 Å². The Kier molecular flexibility index (Phi) is 10.7. The van der Waals surface area contributed by atoms with E-state index < -0.39 is 27.9 Å². The average Bonchev–Trinajstić information content (AvgIpc) is 3.66. The van der Waals surface area contributed by atoms with E-state index in [4.69, 9.17) is 9.47 Å². The minimum Gasteiger partial charge on any atom is -0.491 e. The minimum atomic E-state index is -4.07. The number of para-hydroxylation sites is 1. The van der Waals surface area contributed by atoms with Crippen LogP contribution in [-0.2, 0) is 21.5 Å². The number of aromatic carboxylic acids is 1. The van der Waals surface area contributed by atoms with Crippen molar-refractivity contribution in [1.29, 1.82) is 0 Å². The number of rotatable bonds is 9. The van der Waals surface area contributed by atoms with Gasteiger partial charge in [-0.25, -0.2) is 14.3 Å². The third kappa shape index (κ3) is 7.91. The zero-order valence-corrected chi connectivity index (χ0v) is 31.6. The lowest BCUT2D eigenvalue weighted by atomic mass is 9.81. The summed E-state index contributed by atoms with van der Waals surface area (Å²) in [7, 11) is -0.479. The van der Waals surface area contributed by atoms with E-state index in [2.05, 4.69) is 45.7 Å². The third-order valence-corrected chi connectivity index (χ3v) is 12.3. The van der Waals surface area contributed by atoms with Crippen molar-refractivity contribution in [1.82, 2.24) is 23.4 Å². The second kappa shape index (κ2) is 14.8. The first-order valence-corrected chi connectivity index (χ1v) is 19.6. The number of aromatic nitrogens is 1. The highest BCUT2D eigenvalue weighted by molar-refractivity contribution is 7.87. The van der Waals surface area contributed by atoms with Gasteiger partial charge in [0, 0.05) is 50.2 Å². The Morgan fingerprint density at radius 1 is 1.02 bits per heavy atom. The number of aryl methyl sites for hydroxylation is 1. The van der Waals surface area contributed by atoms with Crippen LogP contribution in [0, 0.1) is 6.92 Å². The predicted molar refractivity (Wildman–Crippen MR) is 198 cm³/mol. The van der Waals surface area contributed by atoms with Crippen molar-refractivity contribution < 1.29 is 32.6 Å². The number of ether oxygens (including phenoxy) is 2. The maximum absolute atomic E-state index is 13.0. The summed E-state index contributed by atoms with van der Waals surface area (Å²) < 4.78 is 43.3. The molecule has 51 heavy (non-hydrogen) atoms. The van der Waals surface area contributed by atoms with E-state index >= 15 is 0 Å². The molecule has 13 heteroatoms. The van der Waals surface area contributed by atoms with Crippen LogP contribution in [0.2, 0.25) is 0 Å². The highest BCUT2D eigenvalue weighted by atomic mass is 32.2. The Bertz CT molecular complexity index is 1880. The molecule has 278 valence electrons. The molecule has 1 saturated heterocycles. The summed E-state index contributed by atoms with van der Waals surface area (Å²) >= 11 is 0. The van der Waals surface area contributed by atoms with Crippen LogP contribution in [0.3, 0.4) is 0 Å². The number of hydrogen-bond acceptors (Lipinski definition) is 8. The molecule has 12 nitrogen and oxygen atoms in total. The molecule has 2 N–H and O–H groups in total. The molecule has 2 aromatic carbocycles. The van der Waals surface area contributed by atoms with Crippen LogP contribution in [0.1, 0.15) is 86.7 Å². The maximum atomic E-state index is 13.0. The van der Waals surface area contributed by atoms with Gasteiger partial charge in [-0.2, -0.15) is 12.7 Å². The number of fused-ring (bicyclic) bond motifs is 5. The molecule has 0 radical (unpaired) electrons. The van der Waals surface area contributed by atoms with Crippen LogP contribution < -0.4 is 9.46 Å². The monoisotopic (exact) mass is 723 g/mol. The van der Waals surface area contributed by atoms with Crippen LogP contribution in [-0.4, -0.2) is 109 Å². The first kappa shape index (κ1) is 37.1. The molecule has 2 atom stereocenters. The number of benzene rings is 2. The molecule has 3 aromatic rings. The Morgan fingerprint density at radius 2 is 1.75 bits per heavy atom. The van der Waals surface area contributed by atoms with E-state index in [0.717, 1.165) is 56.5 Å². The lowest BCUT2D eigenvalue weighted by Gasteiger charge is -2.34. The summed E-state index contributed by atoms with van der Waals surface area (Å²) in [6.07, 6.45) is 5.37. The molecule has 3 aliphatic rings. The van der Waals surface area contributed by atoms with Crippen LogP contribution >= 0.6 is 0 Å². The fourth-order valence-corrected chi connectivity index (χ4v) is 9.06. The Morgan fingerprint density at radius 3 is 2.45 bits per heavy atom. The maximum Gasteiger partial charge on any atom is 0.422 e. The molecule has 3 heterocycles. The number of nitrogens with one attached hydrogen (secondary N) is 1. The molecule has 0 bridgehead atoms. The van der Waals surface area contributed by atoms with Gasteiger partial charge in [-0.15, -0.1) is 0 Å². The molecule has 1 aromatic heterocycles. The topological polar surface area (TPSA) is 134 Å². The molecular formula is C38H53N5O7S. The van der Waals surface area contributed by atoms with Gasteiger partial charge in [0.1, 0.15) is 18.0 Å². The molecule has 1 unspecified atom stereocenters. The summed E-state index contributed by atoms with van der Waals surface area (Å²) in [6.45, 7) is 10.6. The van der Waals surface area contributed by atoms with Crippen LogP contribution in [0.4, 0.5) is 4.79 Å². The van der Waals surface area contributed by atoms with Crippen molar-refractivity contribution >= 4 is 33.2 Å². The van der Waals surface area contributed by atoms with Crippen molar-refractivity contribution in [3.05, 3.63) is 53.1 Å².